The summed E-state index contributed by atoms with van der Waals surface area (Å²) in [6.45, 7) is 7.00. The Morgan fingerprint density at radius 1 is 1.32 bits per heavy atom. The first-order valence-electron chi connectivity index (χ1n) is 8.84. The Balaban J connectivity index is 1.80. The van der Waals surface area contributed by atoms with Gasteiger partial charge in [0.1, 0.15) is 5.82 Å². The van der Waals surface area contributed by atoms with Gasteiger partial charge in [0.05, 0.1) is 17.5 Å². The molecule has 1 aliphatic heterocycles. The van der Waals surface area contributed by atoms with Crippen molar-refractivity contribution in [2.75, 3.05) is 0 Å². The van der Waals surface area contributed by atoms with Crippen molar-refractivity contribution in [3.8, 4) is 0 Å². The molecular formula is C18H22N6O. The van der Waals surface area contributed by atoms with E-state index in [2.05, 4.69) is 30.9 Å². The fourth-order valence-electron chi connectivity index (χ4n) is 3.27. The lowest BCUT2D eigenvalue weighted by molar-refractivity contribution is 0.478. The van der Waals surface area contributed by atoms with Gasteiger partial charge < -0.3 is 0 Å². The van der Waals surface area contributed by atoms with Gasteiger partial charge in [-0.05, 0) is 19.8 Å². The smallest absolute Gasteiger partial charge is 0.260 e. The average Bonchev–Trinajstić information content (AvgIpc) is 3.35. The Hall–Kier alpha value is -2.70. The summed E-state index contributed by atoms with van der Waals surface area (Å²) in [5.74, 6) is 1.36. The summed E-state index contributed by atoms with van der Waals surface area (Å²) >= 11 is 0. The minimum atomic E-state index is 0.0172. The van der Waals surface area contributed by atoms with Crippen LogP contribution in [0.25, 0.3) is 5.78 Å². The highest BCUT2D eigenvalue weighted by Gasteiger charge is 2.25. The maximum atomic E-state index is 12.9. The van der Waals surface area contributed by atoms with Gasteiger partial charge in [-0.3, -0.25) is 18.4 Å². The van der Waals surface area contributed by atoms with E-state index in [1.54, 1.807) is 10.8 Å². The van der Waals surface area contributed by atoms with Crippen LogP contribution < -0.4 is 5.56 Å². The predicted octanol–water partition coefficient (Wildman–Crippen LogP) is 2.75. The second-order valence-corrected chi connectivity index (χ2v) is 6.56. The van der Waals surface area contributed by atoms with Gasteiger partial charge in [-0.25, -0.2) is 9.98 Å². The van der Waals surface area contributed by atoms with Gasteiger partial charge in [-0.2, -0.15) is 5.10 Å². The normalized spacial score (nSPS) is 14.8. The van der Waals surface area contributed by atoms with E-state index < -0.39 is 0 Å². The van der Waals surface area contributed by atoms with Crippen LogP contribution in [-0.4, -0.2) is 29.4 Å². The molecule has 0 N–H and O–H groups in total. The summed E-state index contributed by atoms with van der Waals surface area (Å²) in [4.78, 5) is 22.0. The van der Waals surface area contributed by atoms with E-state index >= 15 is 0 Å². The van der Waals surface area contributed by atoms with Crippen molar-refractivity contribution in [2.24, 2.45) is 4.99 Å². The van der Waals surface area contributed by atoms with Crippen molar-refractivity contribution in [1.29, 1.82) is 0 Å². The molecule has 3 aromatic rings. The van der Waals surface area contributed by atoms with Crippen LogP contribution in [-0.2, 0) is 13.0 Å². The Kier molecular flexibility index (Phi) is 3.78. The molecule has 7 nitrogen and oxygen atoms in total. The summed E-state index contributed by atoms with van der Waals surface area (Å²) in [5, 5.41) is 4.45. The first-order valence-corrected chi connectivity index (χ1v) is 8.84. The largest absolute Gasteiger partial charge is 0.278 e. The second-order valence-electron chi connectivity index (χ2n) is 6.56. The van der Waals surface area contributed by atoms with E-state index in [1.165, 1.54) is 0 Å². The van der Waals surface area contributed by atoms with Crippen molar-refractivity contribution in [2.45, 2.75) is 52.6 Å². The molecule has 0 fully saturated rings. The molecule has 1 atom stereocenters. The molecule has 1 aliphatic rings. The van der Waals surface area contributed by atoms with Crippen LogP contribution in [0.2, 0.25) is 0 Å². The van der Waals surface area contributed by atoms with Crippen molar-refractivity contribution in [3.63, 3.8) is 0 Å². The summed E-state index contributed by atoms with van der Waals surface area (Å²) in [5.41, 5.74) is 2.63. The van der Waals surface area contributed by atoms with Crippen molar-refractivity contribution >= 4 is 17.3 Å². The number of hydrogen-bond donors (Lipinski definition) is 0. The zero-order valence-electron chi connectivity index (χ0n) is 14.8. The van der Waals surface area contributed by atoms with E-state index in [4.69, 9.17) is 4.99 Å². The highest BCUT2D eigenvalue weighted by Crippen LogP contribution is 2.27. The van der Waals surface area contributed by atoms with Crippen LogP contribution in [0.4, 0.5) is 5.82 Å². The quantitative estimate of drug-likeness (QED) is 0.718. The molecule has 0 amide bonds. The minimum absolute atomic E-state index is 0.0172. The summed E-state index contributed by atoms with van der Waals surface area (Å²) in [7, 11) is 0. The zero-order chi connectivity index (χ0) is 17.6. The summed E-state index contributed by atoms with van der Waals surface area (Å²) in [6, 6.07) is 0.347. The molecule has 1 unspecified atom stereocenters. The Morgan fingerprint density at radius 3 is 2.92 bits per heavy atom. The molecule has 130 valence electrons. The van der Waals surface area contributed by atoms with Crippen LogP contribution >= 0.6 is 0 Å². The molecular weight excluding hydrogens is 316 g/mol. The van der Waals surface area contributed by atoms with E-state index in [1.807, 2.05) is 27.7 Å². The van der Waals surface area contributed by atoms with Gasteiger partial charge in [0.2, 0.25) is 5.78 Å². The van der Waals surface area contributed by atoms with Crippen LogP contribution in [0.3, 0.4) is 0 Å². The van der Waals surface area contributed by atoms with E-state index in [9.17, 15) is 4.79 Å². The fourth-order valence-corrected chi connectivity index (χ4v) is 3.27. The number of rotatable bonds is 5. The SMILES string of the molecule is CCCn1c(=O)c2c(n3ccnc13)N=C(c1cnn(C(C)CC)c1)C2. The molecule has 25 heavy (non-hydrogen) atoms. The maximum Gasteiger partial charge on any atom is 0.260 e. The van der Waals surface area contributed by atoms with Crippen LogP contribution in [0.15, 0.2) is 34.6 Å². The maximum absolute atomic E-state index is 12.9. The molecule has 4 heterocycles. The Morgan fingerprint density at radius 2 is 2.16 bits per heavy atom. The Labute approximate surface area is 145 Å². The monoisotopic (exact) mass is 338 g/mol. The minimum Gasteiger partial charge on any atom is -0.278 e. The third-order valence-electron chi connectivity index (χ3n) is 4.87. The molecule has 0 aliphatic carbocycles. The molecule has 0 radical (unpaired) electrons. The number of imidazole rings is 1. The topological polar surface area (TPSA) is 69.5 Å². The second kappa shape index (κ2) is 5.98. The fraction of sp³-hybridized carbons (Fsp3) is 0.444. The molecule has 0 aromatic carbocycles. The van der Waals surface area contributed by atoms with Crippen LogP contribution in [0.1, 0.15) is 50.8 Å². The van der Waals surface area contributed by atoms with Crippen molar-refractivity contribution in [3.05, 3.63) is 46.3 Å². The highest BCUT2D eigenvalue weighted by molar-refractivity contribution is 6.05. The number of hydrogen-bond acceptors (Lipinski definition) is 4. The van der Waals surface area contributed by atoms with Crippen LogP contribution in [0.5, 0.6) is 0 Å². The predicted molar refractivity (Wildman–Crippen MR) is 96.9 cm³/mol. The number of aliphatic imine (C=N–C) groups is 1. The van der Waals surface area contributed by atoms with E-state index in [0.717, 1.165) is 29.7 Å². The van der Waals surface area contributed by atoms with Crippen LogP contribution in [0, 0.1) is 0 Å². The standard InChI is InChI=1S/C18H22N6O/c1-4-7-23-17(25)14-9-15(13-10-20-24(11-13)12(3)5-2)21-16(14)22-8-6-19-18(22)23/h6,8,10-12H,4-5,7,9H2,1-3H3. The van der Waals surface area contributed by atoms with Crippen molar-refractivity contribution < 1.29 is 0 Å². The van der Waals surface area contributed by atoms with Gasteiger partial charge in [0.15, 0.2) is 0 Å². The summed E-state index contributed by atoms with van der Waals surface area (Å²) in [6.07, 6.45) is 9.89. The van der Waals surface area contributed by atoms with Gasteiger partial charge in [-0.15, -0.1) is 0 Å². The van der Waals surface area contributed by atoms with Gasteiger partial charge in [0.25, 0.3) is 5.56 Å². The molecule has 0 spiro atoms. The lowest BCUT2D eigenvalue weighted by atomic mass is 10.1. The number of aromatic nitrogens is 5. The highest BCUT2D eigenvalue weighted by atomic mass is 16.1. The first kappa shape index (κ1) is 15.8. The number of nitrogens with zero attached hydrogens (tertiary/aromatic N) is 6. The third kappa shape index (κ3) is 2.42. The molecule has 0 bridgehead atoms. The number of fused-ring (bicyclic) bond motifs is 3. The Bertz CT molecular complexity index is 1020. The van der Waals surface area contributed by atoms with Gasteiger partial charge in [-0.1, -0.05) is 13.8 Å². The summed E-state index contributed by atoms with van der Waals surface area (Å²) < 4.78 is 5.63. The molecule has 7 heteroatoms. The lowest BCUT2D eigenvalue weighted by Gasteiger charge is -2.09. The van der Waals surface area contributed by atoms with E-state index in [-0.39, 0.29) is 5.56 Å². The third-order valence-corrected chi connectivity index (χ3v) is 4.87. The van der Waals surface area contributed by atoms with Crippen molar-refractivity contribution in [1.82, 2.24) is 23.7 Å². The average molecular weight is 338 g/mol. The molecule has 0 saturated heterocycles. The lowest BCUT2D eigenvalue weighted by Crippen LogP contribution is -2.26. The molecule has 4 rings (SSSR count). The van der Waals surface area contributed by atoms with Gasteiger partial charge >= 0.3 is 0 Å². The molecule has 3 aromatic heterocycles. The van der Waals surface area contributed by atoms with E-state index in [0.29, 0.717) is 30.6 Å². The molecule has 0 saturated carbocycles. The first-order chi connectivity index (χ1) is 12.1. The zero-order valence-corrected chi connectivity index (χ0v) is 14.8. The van der Waals surface area contributed by atoms with Gasteiger partial charge in [0, 0.05) is 43.2 Å². The number of aryl methyl sites for hydroxylation is 1.